The number of nitrogens with zero attached hydrogens (tertiary/aromatic N) is 3. The van der Waals surface area contributed by atoms with E-state index in [1.807, 2.05) is 13.8 Å². The summed E-state index contributed by atoms with van der Waals surface area (Å²) in [5.41, 5.74) is 1.26. The van der Waals surface area contributed by atoms with E-state index in [2.05, 4.69) is 10.1 Å². The van der Waals surface area contributed by atoms with Crippen LogP contribution in [0.4, 0.5) is 0 Å². The molecule has 0 spiro atoms. The van der Waals surface area contributed by atoms with E-state index < -0.39 is 0 Å². The van der Waals surface area contributed by atoms with Crippen molar-refractivity contribution < 1.29 is 9.53 Å². The largest absolute Gasteiger partial charge is 0.371 e. The molecule has 2 aromatic rings. The topological polar surface area (TPSA) is 56.5 Å². The van der Waals surface area contributed by atoms with Crippen LogP contribution in [0, 0.1) is 0 Å². The van der Waals surface area contributed by atoms with Crippen LogP contribution in [-0.2, 0) is 4.74 Å². The summed E-state index contributed by atoms with van der Waals surface area (Å²) in [6.07, 6.45) is 6.54. The maximum atomic E-state index is 11.8. The zero-order valence-electron chi connectivity index (χ0n) is 9.25. The lowest BCUT2D eigenvalue weighted by Crippen LogP contribution is -2.13. The average Bonchev–Trinajstić information content (AvgIpc) is 2.69. The van der Waals surface area contributed by atoms with Crippen molar-refractivity contribution in [2.45, 2.75) is 20.0 Å². The Morgan fingerprint density at radius 2 is 2.31 bits per heavy atom. The fourth-order valence-electron chi connectivity index (χ4n) is 1.37. The smallest absolute Gasteiger partial charge is 0.192 e. The molecule has 0 bridgehead atoms. The predicted octanol–water partition coefficient (Wildman–Crippen LogP) is 1.34. The lowest BCUT2D eigenvalue weighted by molar-refractivity contribution is 0.0586. The van der Waals surface area contributed by atoms with Crippen molar-refractivity contribution in [1.82, 2.24) is 14.6 Å². The first-order valence-electron chi connectivity index (χ1n) is 5.10. The molecule has 0 aliphatic carbocycles. The quantitative estimate of drug-likeness (QED) is 0.728. The van der Waals surface area contributed by atoms with Gasteiger partial charge in [-0.15, -0.1) is 0 Å². The standard InChI is InChI=1S/C11H13N3O2/c1-8(2)16-7-11(15)9-5-13-14-4-3-12-6-10(9)14/h3-6,8H,7H2,1-2H3. The fourth-order valence-corrected chi connectivity index (χ4v) is 1.37. The van der Waals surface area contributed by atoms with E-state index in [1.54, 1.807) is 29.3 Å². The number of hydrogen-bond donors (Lipinski definition) is 0. The number of ketones is 1. The van der Waals surface area contributed by atoms with Gasteiger partial charge in [-0.1, -0.05) is 0 Å². The number of Topliss-reactive ketones (excluding diaryl/α,β-unsaturated/α-hetero) is 1. The summed E-state index contributed by atoms with van der Waals surface area (Å²) in [4.78, 5) is 15.8. The second kappa shape index (κ2) is 4.40. The third-order valence-electron chi connectivity index (χ3n) is 2.17. The lowest BCUT2D eigenvalue weighted by atomic mass is 10.2. The van der Waals surface area contributed by atoms with Crippen LogP contribution in [-0.4, -0.2) is 33.1 Å². The normalized spacial score (nSPS) is 11.2. The number of fused-ring (bicyclic) bond motifs is 1. The first-order valence-corrected chi connectivity index (χ1v) is 5.10. The molecule has 0 amide bonds. The summed E-state index contributed by atoms with van der Waals surface area (Å²) in [5, 5.41) is 4.07. The van der Waals surface area contributed by atoms with Gasteiger partial charge in [0.1, 0.15) is 6.61 Å². The maximum Gasteiger partial charge on any atom is 0.192 e. The highest BCUT2D eigenvalue weighted by Crippen LogP contribution is 2.09. The van der Waals surface area contributed by atoms with Crippen LogP contribution in [0.2, 0.25) is 0 Å². The van der Waals surface area contributed by atoms with Gasteiger partial charge >= 0.3 is 0 Å². The van der Waals surface area contributed by atoms with Gasteiger partial charge in [-0.05, 0) is 13.8 Å². The summed E-state index contributed by atoms with van der Waals surface area (Å²) in [6, 6.07) is 0. The summed E-state index contributed by atoms with van der Waals surface area (Å²) in [6.45, 7) is 3.86. The zero-order chi connectivity index (χ0) is 11.5. The molecule has 0 saturated carbocycles. The Hall–Kier alpha value is -1.75. The molecule has 0 aliphatic rings. The fraction of sp³-hybridized carbons (Fsp3) is 0.364. The number of carbonyl (C=O) groups excluding carboxylic acids is 1. The van der Waals surface area contributed by atoms with Crippen molar-refractivity contribution in [2.75, 3.05) is 6.61 Å². The Bertz CT molecular complexity index is 505. The van der Waals surface area contributed by atoms with Gasteiger partial charge in [-0.3, -0.25) is 9.78 Å². The molecular weight excluding hydrogens is 206 g/mol. The second-order valence-electron chi connectivity index (χ2n) is 3.75. The molecule has 0 aliphatic heterocycles. The van der Waals surface area contributed by atoms with Crippen molar-refractivity contribution in [2.24, 2.45) is 0 Å². The van der Waals surface area contributed by atoms with Crippen molar-refractivity contribution in [3.63, 3.8) is 0 Å². The van der Waals surface area contributed by atoms with E-state index in [0.717, 1.165) is 0 Å². The van der Waals surface area contributed by atoms with E-state index in [-0.39, 0.29) is 18.5 Å². The van der Waals surface area contributed by atoms with E-state index in [0.29, 0.717) is 11.1 Å². The van der Waals surface area contributed by atoms with Crippen molar-refractivity contribution >= 4 is 11.3 Å². The molecule has 2 aromatic heterocycles. The van der Waals surface area contributed by atoms with Crippen molar-refractivity contribution in [1.29, 1.82) is 0 Å². The number of ether oxygens (including phenoxy) is 1. The van der Waals surface area contributed by atoms with Gasteiger partial charge in [0.05, 0.1) is 29.6 Å². The SMILES string of the molecule is CC(C)OCC(=O)c1cnn2ccncc12. The Labute approximate surface area is 93.1 Å². The highest BCUT2D eigenvalue weighted by Gasteiger charge is 2.13. The molecule has 0 aromatic carbocycles. The summed E-state index contributed by atoms with van der Waals surface area (Å²) >= 11 is 0. The Balaban J connectivity index is 2.23. The molecule has 0 fully saturated rings. The van der Waals surface area contributed by atoms with E-state index in [9.17, 15) is 4.79 Å². The minimum absolute atomic E-state index is 0.0453. The maximum absolute atomic E-state index is 11.8. The van der Waals surface area contributed by atoms with Crippen molar-refractivity contribution in [3.05, 3.63) is 30.4 Å². The first kappa shape index (κ1) is 10.8. The van der Waals surface area contributed by atoms with Crippen LogP contribution < -0.4 is 0 Å². The van der Waals surface area contributed by atoms with Gasteiger partial charge in [-0.25, -0.2) is 4.52 Å². The molecule has 5 heteroatoms. The summed E-state index contributed by atoms with van der Waals surface area (Å²) < 4.78 is 6.89. The third-order valence-corrected chi connectivity index (χ3v) is 2.17. The molecule has 0 saturated heterocycles. The molecule has 0 N–H and O–H groups in total. The molecule has 84 valence electrons. The molecule has 5 nitrogen and oxygen atoms in total. The van der Waals surface area contributed by atoms with Crippen LogP contribution in [0.3, 0.4) is 0 Å². The Kier molecular flexibility index (Phi) is 2.96. The predicted molar refractivity (Wildman–Crippen MR) is 58.4 cm³/mol. The zero-order valence-corrected chi connectivity index (χ0v) is 9.25. The van der Waals surface area contributed by atoms with Crippen LogP contribution in [0.25, 0.3) is 5.52 Å². The molecule has 0 radical (unpaired) electrons. The number of rotatable bonds is 4. The van der Waals surface area contributed by atoms with Crippen LogP contribution in [0.5, 0.6) is 0 Å². The number of aromatic nitrogens is 3. The lowest BCUT2D eigenvalue weighted by Gasteiger charge is -2.05. The number of carbonyl (C=O) groups is 1. The molecule has 16 heavy (non-hydrogen) atoms. The van der Waals surface area contributed by atoms with Gasteiger partial charge in [0.15, 0.2) is 5.78 Å². The Morgan fingerprint density at radius 3 is 3.06 bits per heavy atom. The van der Waals surface area contributed by atoms with E-state index in [4.69, 9.17) is 4.74 Å². The van der Waals surface area contributed by atoms with Gasteiger partial charge in [-0.2, -0.15) is 5.10 Å². The number of hydrogen-bond acceptors (Lipinski definition) is 4. The van der Waals surface area contributed by atoms with Gasteiger partial charge in [0, 0.05) is 12.4 Å². The molecule has 0 atom stereocenters. The Morgan fingerprint density at radius 1 is 1.50 bits per heavy atom. The highest BCUT2D eigenvalue weighted by molar-refractivity contribution is 6.02. The minimum atomic E-state index is -0.0725. The monoisotopic (exact) mass is 219 g/mol. The molecule has 2 rings (SSSR count). The van der Waals surface area contributed by atoms with E-state index in [1.165, 1.54) is 0 Å². The van der Waals surface area contributed by atoms with Gasteiger partial charge in [0.25, 0.3) is 0 Å². The summed E-state index contributed by atoms with van der Waals surface area (Å²) in [5.74, 6) is -0.0725. The second-order valence-corrected chi connectivity index (χ2v) is 3.75. The molecular formula is C11H13N3O2. The van der Waals surface area contributed by atoms with Gasteiger partial charge < -0.3 is 4.74 Å². The van der Waals surface area contributed by atoms with Crippen molar-refractivity contribution in [3.8, 4) is 0 Å². The third kappa shape index (κ3) is 2.09. The van der Waals surface area contributed by atoms with Crippen LogP contribution in [0.1, 0.15) is 24.2 Å². The summed E-state index contributed by atoms with van der Waals surface area (Å²) in [7, 11) is 0. The van der Waals surface area contributed by atoms with E-state index >= 15 is 0 Å². The minimum Gasteiger partial charge on any atom is -0.371 e. The van der Waals surface area contributed by atoms with Gasteiger partial charge in [0.2, 0.25) is 0 Å². The molecule has 0 unspecified atom stereocenters. The highest BCUT2D eigenvalue weighted by atomic mass is 16.5. The van der Waals surface area contributed by atoms with Crippen LogP contribution >= 0.6 is 0 Å². The average molecular weight is 219 g/mol. The molecule has 2 heterocycles. The first-order chi connectivity index (χ1) is 7.68. The van der Waals surface area contributed by atoms with Crippen LogP contribution in [0.15, 0.2) is 24.8 Å².